The Morgan fingerprint density at radius 1 is 1.31 bits per heavy atom. The molecular formula is C15H11F3N2O5S. The Labute approximate surface area is 148 Å². The van der Waals surface area contributed by atoms with Crippen molar-refractivity contribution >= 4 is 23.2 Å². The first kappa shape index (κ1) is 18.0. The van der Waals surface area contributed by atoms with Crippen molar-refractivity contribution in [2.24, 2.45) is 0 Å². The third kappa shape index (κ3) is 4.04. The molecule has 1 atom stereocenters. The van der Waals surface area contributed by atoms with E-state index in [0.717, 1.165) is 11.3 Å². The highest BCUT2D eigenvalue weighted by Crippen LogP contribution is 2.37. The quantitative estimate of drug-likeness (QED) is 0.817. The van der Waals surface area contributed by atoms with Gasteiger partial charge in [-0.05, 0) is 18.2 Å². The molecule has 1 aromatic heterocycles. The number of nitrogens with one attached hydrogen (secondary N) is 1. The molecule has 0 saturated heterocycles. The molecule has 1 unspecified atom stereocenters. The predicted octanol–water partition coefficient (Wildman–Crippen LogP) is 2.67. The number of halogens is 3. The Morgan fingerprint density at radius 3 is 2.73 bits per heavy atom. The van der Waals surface area contributed by atoms with Crippen LogP contribution in [0.15, 0.2) is 24.4 Å². The molecular weight excluding hydrogens is 377 g/mol. The van der Waals surface area contributed by atoms with Crippen LogP contribution in [-0.4, -0.2) is 41.0 Å². The summed E-state index contributed by atoms with van der Waals surface area (Å²) in [7, 11) is 0. The van der Waals surface area contributed by atoms with Crippen molar-refractivity contribution < 1.29 is 37.3 Å². The highest BCUT2D eigenvalue weighted by Gasteiger charge is 2.36. The molecule has 0 saturated carbocycles. The van der Waals surface area contributed by atoms with E-state index in [2.05, 4.69) is 4.98 Å². The van der Waals surface area contributed by atoms with Gasteiger partial charge in [-0.3, -0.25) is 4.79 Å². The number of rotatable bonds is 5. The number of hydrogen-bond acceptors (Lipinski definition) is 6. The minimum absolute atomic E-state index is 0.00825. The van der Waals surface area contributed by atoms with Crippen LogP contribution in [0, 0.1) is 0 Å². The number of aromatic nitrogens is 1. The molecule has 1 aliphatic rings. The van der Waals surface area contributed by atoms with Crippen LogP contribution < -0.4 is 14.8 Å². The van der Waals surface area contributed by atoms with Gasteiger partial charge < -0.3 is 19.9 Å². The number of amides is 1. The molecule has 0 fully saturated rings. The van der Waals surface area contributed by atoms with Crippen molar-refractivity contribution in [3.8, 4) is 22.1 Å². The van der Waals surface area contributed by atoms with E-state index in [1.54, 1.807) is 18.2 Å². The maximum atomic E-state index is 12.4. The van der Waals surface area contributed by atoms with Crippen LogP contribution in [0.4, 0.5) is 13.2 Å². The van der Waals surface area contributed by atoms with Gasteiger partial charge in [0.25, 0.3) is 5.91 Å². The van der Waals surface area contributed by atoms with Crippen molar-refractivity contribution in [3.63, 3.8) is 0 Å². The molecule has 11 heteroatoms. The van der Waals surface area contributed by atoms with Gasteiger partial charge in [0.15, 0.2) is 11.5 Å². The van der Waals surface area contributed by atoms with Crippen LogP contribution in [0.5, 0.6) is 11.5 Å². The summed E-state index contributed by atoms with van der Waals surface area (Å²) in [5.41, 5.74) is 0.628. The van der Waals surface area contributed by atoms with Crippen LogP contribution in [-0.2, 0) is 4.79 Å². The van der Waals surface area contributed by atoms with Crippen LogP contribution in [0.3, 0.4) is 0 Å². The van der Waals surface area contributed by atoms with Crippen molar-refractivity contribution in [2.45, 2.75) is 18.6 Å². The van der Waals surface area contributed by atoms with Gasteiger partial charge >= 0.3 is 12.1 Å². The Kier molecular flexibility index (Phi) is 4.72. The molecule has 0 aliphatic carbocycles. The Balaban J connectivity index is 1.74. The minimum atomic E-state index is -4.72. The number of hydrogen-bond donors (Lipinski definition) is 2. The standard InChI is InChI=1S/C15H11F3N2O5S/c16-15(17,18)4-8(14(22)23)20-12(21)11-5-19-13(26-11)7-1-2-9-10(3-7)25-6-24-9/h1-3,5,8H,4,6H2,(H,20,21)(H,22,23). The Hall–Kier alpha value is -2.82. The fourth-order valence-electron chi connectivity index (χ4n) is 2.20. The number of aliphatic carboxylic acids is 1. The Bertz CT molecular complexity index is 852. The summed E-state index contributed by atoms with van der Waals surface area (Å²) in [5.74, 6) is -1.62. The number of carbonyl (C=O) groups is 2. The summed E-state index contributed by atoms with van der Waals surface area (Å²) in [6, 6.07) is 2.95. The first-order chi connectivity index (χ1) is 12.2. The lowest BCUT2D eigenvalue weighted by atomic mass is 10.2. The monoisotopic (exact) mass is 388 g/mol. The minimum Gasteiger partial charge on any atom is -0.480 e. The van der Waals surface area contributed by atoms with Gasteiger partial charge in [-0.2, -0.15) is 13.2 Å². The molecule has 0 radical (unpaired) electrons. The lowest BCUT2D eigenvalue weighted by Crippen LogP contribution is -2.43. The van der Waals surface area contributed by atoms with E-state index in [4.69, 9.17) is 14.6 Å². The van der Waals surface area contributed by atoms with Gasteiger partial charge in [0.1, 0.15) is 15.9 Å². The number of alkyl halides is 3. The molecule has 2 heterocycles. The van der Waals surface area contributed by atoms with Gasteiger partial charge in [0.2, 0.25) is 6.79 Å². The van der Waals surface area contributed by atoms with Gasteiger partial charge in [0.05, 0.1) is 12.6 Å². The molecule has 138 valence electrons. The highest BCUT2D eigenvalue weighted by atomic mass is 32.1. The summed E-state index contributed by atoms with van der Waals surface area (Å²) >= 11 is 0.918. The average Bonchev–Trinajstić information content (AvgIpc) is 3.21. The zero-order valence-corrected chi connectivity index (χ0v) is 13.7. The van der Waals surface area contributed by atoms with Crippen LogP contribution in [0.1, 0.15) is 16.1 Å². The van der Waals surface area contributed by atoms with E-state index >= 15 is 0 Å². The second-order valence-electron chi connectivity index (χ2n) is 5.28. The molecule has 1 aromatic carbocycles. The lowest BCUT2D eigenvalue weighted by molar-refractivity contribution is -0.157. The number of carboxylic acids is 1. The highest BCUT2D eigenvalue weighted by molar-refractivity contribution is 7.16. The number of carbonyl (C=O) groups excluding carboxylic acids is 1. The fourth-order valence-corrected chi connectivity index (χ4v) is 3.02. The van der Waals surface area contributed by atoms with Crippen LogP contribution >= 0.6 is 11.3 Å². The van der Waals surface area contributed by atoms with Crippen LogP contribution in [0.2, 0.25) is 0 Å². The number of thiazole rings is 1. The van der Waals surface area contributed by atoms with E-state index in [0.29, 0.717) is 22.1 Å². The van der Waals surface area contributed by atoms with Crippen molar-refractivity contribution in [1.29, 1.82) is 0 Å². The fraction of sp³-hybridized carbons (Fsp3) is 0.267. The zero-order valence-electron chi connectivity index (χ0n) is 12.9. The SMILES string of the molecule is O=C(NC(CC(F)(F)F)C(=O)O)c1cnc(-c2ccc3c(c2)OCO3)s1. The molecule has 1 aliphatic heterocycles. The number of fused-ring (bicyclic) bond motifs is 1. The number of ether oxygens (including phenoxy) is 2. The van der Waals surface area contributed by atoms with E-state index in [1.165, 1.54) is 6.20 Å². The molecule has 1 amide bonds. The number of carboxylic acid groups (broad SMARTS) is 1. The summed E-state index contributed by atoms with van der Waals surface area (Å²) in [6.07, 6.45) is -5.21. The first-order valence-electron chi connectivity index (χ1n) is 7.19. The maximum absolute atomic E-state index is 12.4. The van der Waals surface area contributed by atoms with E-state index in [9.17, 15) is 22.8 Å². The van der Waals surface area contributed by atoms with Gasteiger partial charge in [-0.15, -0.1) is 11.3 Å². The van der Waals surface area contributed by atoms with Crippen molar-refractivity contribution in [2.75, 3.05) is 6.79 Å². The third-order valence-corrected chi connectivity index (χ3v) is 4.43. The summed E-state index contributed by atoms with van der Waals surface area (Å²) in [4.78, 5) is 27.0. The number of benzene rings is 1. The molecule has 3 rings (SSSR count). The molecule has 2 N–H and O–H groups in total. The van der Waals surface area contributed by atoms with Gasteiger partial charge in [-0.1, -0.05) is 0 Å². The molecule has 2 aromatic rings. The summed E-state index contributed by atoms with van der Waals surface area (Å²) < 4.78 is 47.7. The topological polar surface area (TPSA) is 97.8 Å². The third-order valence-electron chi connectivity index (χ3n) is 3.39. The molecule has 0 bridgehead atoms. The average molecular weight is 388 g/mol. The summed E-state index contributed by atoms with van der Waals surface area (Å²) in [6.45, 7) is 0.0973. The molecule has 0 spiro atoms. The lowest BCUT2D eigenvalue weighted by Gasteiger charge is -2.15. The Morgan fingerprint density at radius 2 is 2.04 bits per heavy atom. The smallest absolute Gasteiger partial charge is 0.391 e. The van der Waals surface area contributed by atoms with Crippen LogP contribution in [0.25, 0.3) is 10.6 Å². The maximum Gasteiger partial charge on any atom is 0.391 e. The van der Waals surface area contributed by atoms with Crippen molar-refractivity contribution in [3.05, 3.63) is 29.3 Å². The zero-order chi connectivity index (χ0) is 18.9. The normalized spacial score (nSPS) is 14.1. The number of nitrogens with zero attached hydrogens (tertiary/aromatic N) is 1. The van der Waals surface area contributed by atoms with E-state index in [-0.39, 0.29) is 11.7 Å². The largest absolute Gasteiger partial charge is 0.480 e. The molecule has 7 nitrogen and oxygen atoms in total. The van der Waals surface area contributed by atoms with Gasteiger partial charge in [-0.25, -0.2) is 9.78 Å². The van der Waals surface area contributed by atoms with E-state index in [1.807, 2.05) is 5.32 Å². The summed E-state index contributed by atoms with van der Waals surface area (Å²) in [5, 5.41) is 11.1. The first-order valence-corrected chi connectivity index (χ1v) is 8.01. The van der Waals surface area contributed by atoms with Gasteiger partial charge in [0, 0.05) is 5.56 Å². The van der Waals surface area contributed by atoms with Crippen molar-refractivity contribution in [1.82, 2.24) is 10.3 Å². The van der Waals surface area contributed by atoms with E-state index < -0.39 is 30.5 Å². The molecule has 26 heavy (non-hydrogen) atoms. The second-order valence-corrected chi connectivity index (χ2v) is 6.31. The second kappa shape index (κ2) is 6.83. The predicted molar refractivity (Wildman–Crippen MR) is 83.2 cm³/mol.